The van der Waals surface area contributed by atoms with Crippen molar-refractivity contribution in [2.45, 2.75) is 19.9 Å². The molecule has 0 radical (unpaired) electrons. The summed E-state index contributed by atoms with van der Waals surface area (Å²) in [5.74, 6) is -2.14. The lowest BCUT2D eigenvalue weighted by atomic mass is 10.1. The normalized spacial score (nSPS) is 13.2. The van der Waals surface area contributed by atoms with E-state index < -0.39 is 17.8 Å². The summed E-state index contributed by atoms with van der Waals surface area (Å²) >= 11 is 0. The number of hydrogen-bond acceptors (Lipinski definition) is 5. The second kappa shape index (κ2) is 6.77. The number of fused-ring (bicyclic) bond motifs is 1. The highest BCUT2D eigenvalue weighted by Crippen LogP contribution is 2.29. The minimum atomic E-state index is -0.819. The predicted octanol–water partition coefficient (Wildman–Crippen LogP) is 3.50. The molecule has 0 saturated heterocycles. The van der Waals surface area contributed by atoms with Gasteiger partial charge >= 0.3 is 5.97 Å². The van der Waals surface area contributed by atoms with Gasteiger partial charge in [-0.2, -0.15) is 5.10 Å². The minimum absolute atomic E-state index is 0.00365. The maximum Gasteiger partial charge on any atom is 0.367 e. The summed E-state index contributed by atoms with van der Waals surface area (Å²) < 4.78 is 1.70. The average Bonchev–Trinajstić information content (AvgIpc) is 3.25. The first-order valence-corrected chi connectivity index (χ1v) is 8.82. The molecule has 0 atom stereocenters. The van der Waals surface area contributed by atoms with Gasteiger partial charge in [0.05, 0.1) is 23.0 Å². The van der Waals surface area contributed by atoms with Crippen LogP contribution in [0.3, 0.4) is 0 Å². The lowest BCUT2D eigenvalue weighted by Crippen LogP contribution is -2.32. The van der Waals surface area contributed by atoms with Crippen molar-refractivity contribution in [1.82, 2.24) is 14.8 Å². The highest BCUT2D eigenvalue weighted by molar-refractivity contribution is 6.21. The third-order valence-corrected chi connectivity index (χ3v) is 4.48. The molecule has 2 aromatic carbocycles. The molecule has 0 N–H and O–H groups in total. The molecule has 1 aromatic heterocycles. The number of hydroxylamine groups is 2. The van der Waals surface area contributed by atoms with Gasteiger partial charge in [0.1, 0.15) is 5.56 Å². The number of amides is 2. The van der Waals surface area contributed by atoms with Gasteiger partial charge in [0.25, 0.3) is 11.8 Å². The van der Waals surface area contributed by atoms with E-state index in [-0.39, 0.29) is 22.7 Å². The maximum atomic E-state index is 12.9. The largest absolute Gasteiger partial charge is 0.367 e. The second-order valence-electron chi connectivity index (χ2n) is 6.64. The number of carbonyl (C=O) groups excluding carboxylic acids is 3. The predicted molar refractivity (Wildman–Crippen MR) is 100 cm³/mol. The molecule has 0 spiro atoms. The molecule has 3 aromatic rings. The molecule has 7 heteroatoms. The van der Waals surface area contributed by atoms with Gasteiger partial charge in [-0.3, -0.25) is 14.3 Å². The Morgan fingerprint density at radius 2 is 1.50 bits per heavy atom. The van der Waals surface area contributed by atoms with E-state index in [0.717, 1.165) is 5.56 Å². The molecule has 2 amide bonds. The van der Waals surface area contributed by atoms with Gasteiger partial charge in [0, 0.05) is 11.6 Å². The van der Waals surface area contributed by atoms with E-state index in [9.17, 15) is 14.4 Å². The number of nitrogens with zero attached hydrogens (tertiary/aromatic N) is 3. The van der Waals surface area contributed by atoms with Crippen molar-refractivity contribution in [3.8, 4) is 11.3 Å². The zero-order chi connectivity index (χ0) is 19.8. The van der Waals surface area contributed by atoms with Crippen LogP contribution in [0.2, 0.25) is 0 Å². The van der Waals surface area contributed by atoms with E-state index >= 15 is 0 Å². The topological polar surface area (TPSA) is 81.5 Å². The minimum Gasteiger partial charge on any atom is -0.324 e. The molecule has 0 aliphatic carbocycles. The Hall–Kier alpha value is -3.74. The lowest BCUT2D eigenvalue weighted by molar-refractivity contribution is -0.0584. The Kier molecular flexibility index (Phi) is 4.27. The van der Waals surface area contributed by atoms with E-state index in [1.54, 1.807) is 16.8 Å². The molecular formula is C21H17N3O4. The second-order valence-corrected chi connectivity index (χ2v) is 6.64. The fraction of sp³-hybridized carbons (Fsp3) is 0.143. The molecule has 7 nitrogen and oxygen atoms in total. The van der Waals surface area contributed by atoms with Gasteiger partial charge in [0.2, 0.25) is 0 Å². The van der Waals surface area contributed by atoms with Crippen molar-refractivity contribution < 1.29 is 19.2 Å². The number of aromatic nitrogens is 2. The van der Waals surface area contributed by atoms with E-state index in [4.69, 9.17) is 4.84 Å². The van der Waals surface area contributed by atoms with Crippen LogP contribution in [0.4, 0.5) is 0 Å². The van der Waals surface area contributed by atoms with Crippen molar-refractivity contribution >= 4 is 17.8 Å². The van der Waals surface area contributed by atoms with Gasteiger partial charge in [-0.25, -0.2) is 4.79 Å². The molecule has 140 valence electrons. The van der Waals surface area contributed by atoms with Crippen LogP contribution in [0.25, 0.3) is 11.3 Å². The van der Waals surface area contributed by atoms with Crippen LogP contribution in [0.5, 0.6) is 0 Å². The summed E-state index contributed by atoms with van der Waals surface area (Å²) in [5, 5.41) is 4.80. The van der Waals surface area contributed by atoms with Crippen molar-refractivity contribution in [3.63, 3.8) is 0 Å². The lowest BCUT2D eigenvalue weighted by Gasteiger charge is -2.15. The fourth-order valence-corrected chi connectivity index (χ4v) is 3.17. The van der Waals surface area contributed by atoms with Crippen molar-refractivity contribution in [2.75, 3.05) is 0 Å². The smallest absolute Gasteiger partial charge is 0.324 e. The maximum absolute atomic E-state index is 12.9. The molecule has 0 bridgehead atoms. The van der Waals surface area contributed by atoms with Gasteiger partial charge in [-0.05, 0) is 26.0 Å². The number of rotatable bonds is 4. The van der Waals surface area contributed by atoms with Crippen LogP contribution < -0.4 is 0 Å². The molecule has 28 heavy (non-hydrogen) atoms. The molecule has 2 heterocycles. The third-order valence-electron chi connectivity index (χ3n) is 4.48. The third kappa shape index (κ3) is 2.77. The molecule has 4 rings (SSSR count). The van der Waals surface area contributed by atoms with Crippen molar-refractivity contribution in [3.05, 3.63) is 77.5 Å². The first-order chi connectivity index (χ1) is 13.5. The number of benzene rings is 2. The van der Waals surface area contributed by atoms with Crippen LogP contribution in [0.15, 0.2) is 60.8 Å². The average molecular weight is 375 g/mol. The highest BCUT2D eigenvalue weighted by Gasteiger charge is 2.39. The van der Waals surface area contributed by atoms with Gasteiger partial charge in [0.15, 0.2) is 0 Å². The Bertz CT molecular complexity index is 1050. The van der Waals surface area contributed by atoms with Crippen LogP contribution >= 0.6 is 0 Å². The standard InChI is InChI=1S/C21H17N3O4/c1-13(2)23-18(14-8-4-3-5-9-14)17(12-22-23)21(27)28-24-19(25)15-10-6-7-11-16(15)20(24)26/h3-13H,1-2H3. The van der Waals surface area contributed by atoms with E-state index in [1.165, 1.54) is 18.3 Å². The summed E-state index contributed by atoms with van der Waals surface area (Å²) in [7, 11) is 0. The number of imide groups is 1. The molecule has 1 aliphatic heterocycles. The first kappa shape index (κ1) is 17.7. The first-order valence-electron chi connectivity index (χ1n) is 8.82. The van der Waals surface area contributed by atoms with Crippen LogP contribution in [-0.4, -0.2) is 32.6 Å². The molecular weight excluding hydrogens is 358 g/mol. The van der Waals surface area contributed by atoms with Crippen LogP contribution in [0.1, 0.15) is 51.0 Å². The van der Waals surface area contributed by atoms with Crippen molar-refractivity contribution in [2.24, 2.45) is 0 Å². The summed E-state index contributed by atoms with van der Waals surface area (Å²) in [6.07, 6.45) is 1.39. The van der Waals surface area contributed by atoms with Crippen LogP contribution in [0, 0.1) is 0 Å². The zero-order valence-corrected chi connectivity index (χ0v) is 15.3. The van der Waals surface area contributed by atoms with E-state index in [2.05, 4.69) is 5.10 Å². The Labute approximate surface area is 161 Å². The Morgan fingerprint density at radius 3 is 2.07 bits per heavy atom. The zero-order valence-electron chi connectivity index (χ0n) is 15.3. The van der Waals surface area contributed by atoms with Crippen LogP contribution in [-0.2, 0) is 4.84 Å². The SMILES string of the molecule is CC(C)n1ncc(C(=O)ON2C(=O)c3ccccc3C2=O)c1-c1ccccc1. The van der Waals surface area contributed by atoms with Crippen molar-refractivity contribution in [1.29, 1.82) is 0 Å². The quantitative estimate of drug-likeness (QED) is 0.652. The number of hydrogen-bond donors (Lipinski definition) is 0. The van der Waals surface area contributed by atoms with E-state index in [1.807, 2.05) is 44.2 Å². The summed E-state index contributed by atoms with van der Waals surface area (Å²) in [5.41, 5.74) is 1.94. The fourth-order valence-electron chi connectivity index (χ4n) is 3.17. The summed E-state index contributed by atoms with van der Waals surface area (Å²) in [4.78, 5) is 43.0. The molecule has 0 saturated carbocycles. The number of carbonyl (C=O) groups is 3. The van der Waals surface area contributed by atoms with Gasteiger partial charge < -0.3 is 4.84 Å². The van der Waals surface area contributed by atoms with Gasteiger partial charge in [-0.1, -0.05) is 47.5 Å². The molecule has 1 aliphatic rings. The molecule has 0 fully saturated rings. The monoisotopic (exact) mass is 375 g/mol. The Morgan fingerprint density at radius 1 is 0.929 bits per heavy atom. The Balaban J connectivity index is 1.69. The summed E-state index contributed by atoms with van der Waals surface area (Å²) in [6.45, 7) is 3.89. The van der Waals surface area contributed by atoms with E-state index in [0.29, 0.717) is 10.8 Å². The summed E-state index contributed by atoms with van der Waals surface area (Å²) in [6, 6.07) is 15.6. The van der Waals surface area contributed by atoms with Gasteiger partial charge in [-0.15, -0.1) is 0 Å². The molecule has 0 unspecified atom stereocenters. The highest BCUT2D eigenvalue weighted by atomic mass is 16.7.